The summed E-state index contributed by atoms with van der Waals surface area (Å²) in [4.78, 5) is 30.6. The number of aromatic amines is 1. The van der Waals surface area contributed by atoms with E-state index in [1.807, 2.05) is 13.8 Å². The van der Waals surface area contributed by atoms with Crippen LogP contribution in [-0.4, -0.2) is 47.9 Å². The van der Waals surface area contributed by atoms with Crippen LogP contribution in [0.25, 0.3) is 11.6 Å². The first-order valence-electron chi connectivity index (χ1n) is 9.96. The van der Waals surface area contributed by atoms with E-state index in [0.717, 1.165) is 30.9 Å². The zero-order valence-electron chi connectivity index (χ0n) is 16.7. The molecule has 0 spiro atoms. The van der Waals surface area contributed by atoms with E-state index in [0.29, 0.717) is 34.6 Å². The monoisotopic (exact) mass is 396 g/mol. The predicted molar refractivity (Wildman–Crippen MR) is 111 cm³/mol. The van der Waals surface area contributed by atoms with Gasteiger partial charge in [0.2, 0.25) is 0 Å². The van der Waals surface area contributed by atoms with Gasteiger partial charge in [-0.15, -0.1) is 0 Å². The van der Waals surface area contributed by atoms with Gasteiger partial charge in [0.15, 0.2) is 0 Å². The lowest BCUT2D eigenvalue weighted by molar-refractivity contribution is -0.110. The highest BCUT2D eigenvalue weighted by molar-refractivity contribution is 6.34. The summed E-state index contributed by atoms with van der Waals surface area (Å²) in [6.07, 6.45) is 4.13. The zero-order valence-corrected chi connectivity index (χ0v) is 16.7. The summed E-state index contributed by atoms with van der Waals surface area (Å²) in [6.45, 7) is 7.35. The van der Waals surface area contributed by atoms with Gasteiger partial charge in [-0.2, -0.15) is 0 Å². The van der Waals surface area contributed by atoms with Crippen LogP contribution >= 0.6 is 0 Å². The van der Waals surface area contributed by atoms with Gasteiger partial charge in [0.1, 0.15) is 5.82 Å². The Morgan fingerprint density at radius 3 is 2.79 bits per heavy atom. The molecule has 0 unspecified atom stereocenters. The van der Waals surface area contributed by atoms with Crippen LogP contribution in [0.5, 0.6) is 0 Å². The van der Waals surface area contributed by atoms with E-state index in [1.54, 1.807) is 12.1 Å². The number of likely N-dealkylation sites (tertiary alicyclic amines) is 1. The Hall–Kier alpha value is -2.93. The lowest BCUT2D eigenvalue weighted by atomic mass is 10.0. The van der Waals surface area contributed by atoms with Crippen molar-refractivity contribution >= 4 is 29.2 Å². The first-order valence-corrected chi connectivity index (χ1v) is 9.96. The number of aryl methyl sites for hydroxylation is 1. The van der Waals surface area contributed by atoms with Crippen molar-refractivity contribution in [2.75, 3.05) is 31.5 Å². The molecule has 1 aromatic carbocycles. The van der Waals surface area contributed by atoms with Crippen LogP contribution in [0.15, 0.2) is 18.2 Å². The molecule has 1 saturated heterocycles. The van der Waals surface area contributed by atoms with E-state index in [4.69, 9.17) is 0 Å². The molecular formula is C22H25FN4O2. The molecule has 2 aromatic rings. The zero-order chi connectivity index (χ0) is 20.5. The number of benzene rings is 1. The van der Waals surface area contributed by atoms with E-state index in [1.165, 1.54) is 25.0 Å². The number of carbonyl (C=O) groups excluding carboxylic acids is 2. The van der Waals surface area contributed by atoms with Gasteiger partial charge in [-0.05, 0) is 69.6 Å². The molecule has 2 amide bonds. The van der Waals surface area contributed by atoms with E-state index < -0.39 is 5.82 Å². The number of fused-ring (bicyclic) bond motifs is 1. The molecule has 0 atom stereocenters. The normalized spacial score (nSPS) is 17.6. The van der Waals surface area contributed by atoms with Gasteiger partial charge in [-0.3, -0.25) is 9.59 Å². The van der Waals surface area contributed by atoms with Crippen molar-refractivity contribution in [2.45, 2.75) is 26.7 Å². The third kappa shape index (κ3) is 3.82. The highest BCUT2D eigenvalue weighted by atomic mass is 19.1. The summed E-state index contributed by atoms with van der Waals surface area (Å²) in [6, 6.07) is 4.21. The Labute approximate surface area is 169 Å². The van der Waals surface area contributed by atoms with Crippen LogP contribution in [0.3, 0.4) is 0 Å². The van der Waals surface area contributed by atoms with Crippen LogP contribution < -0.4 is 10.6 Å². The highest BCUT2D eigenvalue weighted by Gasteiger charge is 2.26. The largest absolute Gasteiger partial charge is 0.358 e. The number of hydrogen-bond acceptors (Lipinski definition) is 3. The number of hydrogen-bond donors (Lipinski definition) is 3. The number of halogens is 1. The van der Waals surface area contributed by atoms with E-state index >= 15 is 0 Å². The van der Waals surface area contributed by atoms with Crippen molar-refractivity contribution in [3.63, 3.8) is 0 Å². The average molecular weight is 396 g/mol. The maximum absolute atomic E-state index is 13.7. The second-order valence-corrected chi connectivity index (χ2v) is 7.67. The molecule has 1 fully saturated rings. The summed E-state index contributed by atoms with van der Waals surface area (Å²) in [5.74, 6) is -0.806. The Balaban J connectivity index is 1.54. The van der Waals surface area contributed by atoms with Crippen LogP contribution in [0.2, 0.25) is 0 Å². The second-order valence-electron chi connectivity index (χ2n) is 7.67. The molecule has 29 heavy (non-hydrogen) atoms. The number of amides is 2. The third-order valence-electron chi connectivity index (χ3n) is 5.67. The summed E-state index contributed by atoms with van der Waals surface area (Å²) in [5, 5.41) is 5.74. The van der Waals surface area contributed by atoms with Crippen LogP contribution in [-0.2, 0) is 4.79 Å². The molecule has 0 radical (unpaired) electrons. The van der Waals surface area contributed by atoms with Crippen molar-refractivity contribution in [1.29, 1.82) is 0 Å². The van der Waals surface area contributed by atoms with Crippen molar-refractivity contribution in [3.8, 4) is 0 Å². The van der Waals surface area contributed by atoms with Crippen LogP contribution in [0.4, 0.5) is 10.1 Å². The number of carbonyl (C=O) groups is 2. The number of H-pyrrole nitrogens is 1. The van der Waals surface area contributed by atoms with Gasteiger partial charge >= 0.3 is 0 Å². The Bertz CT molecular complexity index is 1000. The average Bonchev–Trinajstić information content (AvgIpc) is 3.36. The topological polar surface area (TPSA) is 77.2 Å². The van der Waals surface area contributed by atoms with Gasteiger partial charge in [0.25, 0.3) is 11.8 Å². The van der Waals surface area contributed by atoms with E-state index in [-0.39, 0.29) is 11.8 Å². The summed E-state index contributed by atoms with van der Waals surface area (Å²) < 4.78 is 13.7. The first-order chi connectivity index (χ1) is 13.9. The highest BCUT2D eigenvalue weighted by Crippen LogP contribution is 2.34. The van der Waals surface area contributed by atoms with E-state index in [9.17, 15) is 14.0 Å². The second kappa shape index (κ2) is 7.83. The number of nitrogens with one attached hydrogen (secondary N) is 3. The number of nitrogens with zero attached hydrogens (tertiary/aromatic N) is 1. The van der Waals surface area contributed by atoms with Crippen molar-refractivity contribution < 1.29 is 14.0 Å². The fourth-order valence-corrected chi connectivity index (χ4v) is 4.13. The van der Waals surface area contributed by atoms with E-state index in [2.05, 4.69) is 20.5 Å². The molecule has 2 aliphatic heterocycles. The maximum atomic E-state index is 13.7. The Morgan fingerprint density at radius 2 is 2.03 bits per heavy atom. The first kappa shape index (κ1) is 19.4. The molecule has 2 aliphatic rings. The molecule has 0 aliphatic carbocycles. The molecular weight excluding hydrogens is 371 g/mol. The molecule has 0 saturated carbocycles. The van der Waals surface area contributed by atoms with Gasteiger partial charge in [-0.25, -0.2) is 4.39 Å². The minimum Gasteiger partial charge on any atom is -0.358 e. The predicted octanol–water partition coefficient (Wildman–Crippen LogP) is 3.09. The molecule has 3 N–H and O–H groups in total. The minimum atomic E-state index is -0.399. The third-order valence-corrected chi connectivity index (χ3v) is 5.67. The van der Waals surface area contributed by atoms with Crippen molar-refractivity contribution in [2.24, 2.45) is 0 Å². The molecule has 6 nitrogen and oxygen atoms in total. The van der Waals surface area contributed by atoms with Crippen molar-refractivity contribution in [1.82, 2.24) is 15.2 Å². The summed E-state index contributed by atoms with van der Waals surface area (Å²) >= 11 is 0. The maximum Gasteiger partial charge on any atom is 0.256 e. The Morgan fingerprint density at radius 1 is 1.28 bits per heavy atom. The molecule has 152 valence electrons. The minimum absolute atomic E-state index is 0.123. The van der Waals surface area contributed by atoms with Crippen LogP contribution in [0.1, 0.15) is 45.7 Å². The van der Waals surface area contributed by atoms with Crippen molar-refractivity contribution in [3.05, 3.63) is 52.1 Å². The lowest BCUT2D eigenvalue weighted by Crippen LogP contribution is -2.33. The fourth-order valence-electron chi connectivity index (χ4n) is 4.13. The molecule has 7 heteroatoms. The molecule has 3 heterocycles. The van der Waals surface area contributed by atoms with Gasteiger partial charge in [0.05, 0.1) is 11.1 Å². The van der Waals surface area contributed by atoms with Gasteiger partial charge in [0, 0.05) is 35.7 Å². The summed E-state index contributed by atoms with van der Waals surface area (Å²) in [7, 11) is 0. The number of rotatable bonds is 5. The Kier molecular flexibility index (Phi) is 5.24. The standard InChI is InChI=1S/C22H25FN4O2/c1-13-19(12-17-16-11-15(23)5-6-18(16)26-21(17)28)25-14(2)20(13)22(29)24-7-10-27-8-3-4-9-27/h5-6,11-12,25H,3-4,7-10H2,1-2H3,(H,24,29)(H,26,28). The van der Waals surface area contributed by atoms with Gasteiger partial charge in [-0.1, -0.05) is 0 Å². The van der Waals surface area contributed by atoms with Crippen LogP contribution in [0, 0.1) is 19.7 Å². The smallest absolute Gasteiger partial charge is 0.256 e. The number of anilines is 1. The molecule has 4 rings (SSSR count). The fraction of sp³-hybridized carbons (Fsp3) is 0.364. The lowest BCUT2D eigenvalue weighted by Gasteiger charge is -2.14. The number of aromatic nitrogens is 1. The van der Waals surface area contributed by atoms with Gasteiger partial charge < -0.3 is 20.5 Å². The SMILES string of the molecule is Cc1[nH]c(C=C2C(=O)Nc3ccc(F)cc32)c(C)c1C(=O)NCCN1CCCC1. The quantitative estimate of drug-likeness (QED) is 0.680. The summed E-state index contributed by atoms with van der Waals surface area (Å²) in [5.41, 5.74) is 4.27. The molecule has 1 aromatic heterocycles. The molecule has 0 bridgehead atoms.